The number of hydrogen-bond acceptors (Lipinski definition) is 6. The van der Waals surface area contributed by atoms with Crippen LogP contribution in [0.15, 0.2) is 23.7 Å². The van der Waals surface area contributed by atoms with Gasteiger partial charge in [0.05, 0.1) is 16.1 Å². The highest BCUT2D eigenvalue weighted by Gasteiger charge is 2.37. The summed E-state index contributed by atoms with van der Waals surface area (Å²) in [4.78, 5) is 20.7. The molecule has 0 bridgehead atoms. The summed E-state index contributed by atoms with van der Waals surface area (Å²) in [5.74, 6) is 0.487. The third-order valence-corrected chi connectivity index (χ3v) is 13.1. The third kappa shape index (κ3) is 8.55. The van der Waals surface area contributed by atoms with Crippen molar-refractivity contribution < 1.29 is 14.0 Å². The van der Waals surface area contributed by atoms with Gasteiger partial charge in [-0.05, 0) is 88.2 Å². The minimum atomic E-state index is -1.75. The molecule has 0 spiro atoms. The number of rotatable bonds is 11. The van der Waals surface area contributed by atoms with Crippen molar-refractivity contribution in [2.45, 2.75) is 111 Å². The number of aromatic nitrogens is 1. The molecule has 1 aliphatic rings. The fourth-order valence-corrected chi connectivity index (χ4v) is 6.04. The molecule has 6 nitrogen and oxygen atoms in total. The van der Waals surface area contributed by atoms with E-state index in [-0.39, 0.29) is 11.1 Å². The molecule has 1 saturated carbocycles. The molecule has 1 fully saturated rings. The van der Waals surface area contributed by atoms with Gasteiger partial charge in [-0.2, -0.15) is 0 Å². The zero-order valence-corrected chi connectivity index (χ0v) is 27.1. The SMILES string of the molecule is Cc1ncsc1-c1ccc(CNC(=O)OC(C)(C)C)c(N(CC(C)CCO[Si](C)(C)C(C)(C)C)C2CC2)c1. The molecular weight excluding hydrogens is 511 g/mol. The van der Waals surface area contributed by atoms with Crippen molar-refractivity contribution >= 4 is 31.4 Å². The quantitative estimate of drug-likeness (QED) is 0.281. The molecule has 0 radical (unpaired) electrons. The van der Waals surface area contributed by atoms with E-state index in [1.54, 1.807) is 11.3 Å². The number of carbonyl (C=O) groups excluding carboxylic acids is 1. The van der Waals surface area contributed by atoms with Crippen LogP contribution in [0.25, 0.3) is 10.4 Å². The van der Waals surface area contributed by atoms with Crippen LogP contribution in [0.4, 0.5) is 10.5 Å². The molecule has 1 N–H and O–H groups in total. The molecule has 3 rings (SSSR count). The summed E-state index contributed by atoms with van der Waals surface area (Å²) in [5.41, 5.74) is 5.92. The van der Waals surface area contributed by atoms with Gasteiger partial charge in [-0.15, -0.1) is 11.3 Å². The molecule has 0 saturated heterocycles. The molecule has 212 valence electrons. The number of hydrogen-bond donors (Lipinski definition) is 1. The van der Waals surface area contributed by atoms with Crippen LogP contribution in [-0.2, 0) is 15.7 Å². The number of alkyl carbamates (subject to hydrolysis) is 1. The van der Waals surface area contributed by atoms with E-state index >= 15 is 0 Å². The maximum absolute atomic E-state index is 12.4. The second-order valence-corrected chi connectivity index (χ2v) is 19.0. The van der Waals surface area contributed by atoms with Crippen molar-refractivity contribution in [3.63, 3.8) is 0 Å². The minimum absolute atomic E-state index is 0.224. The molecule has 0 aliphatic heterocycles. The van der Waals surface area contributed by atoms with Crippen molar-refractivity contribution in [3.8, 4) is 10.4 Å². The third-order valence-electron chi connectivity index (χ3n) is 7.60. The Morgan fingerprint density at radius 1 is 1.21 bits per heavy atom. The van der Waals surface area contributed by atoms with E-state index in [2.05, 4.69) is 81.1 Å². The van der Waals surface area contributed by atoms with Gasteiger partial charge in [0, 0.05) is 31.4 Å². The van der Waals surface area contributed by atoms with Gasteiger partial charge in [0.25, 0.3) is 0 Å². The van der Waals surface area contributed by atoms with E-state index < -0.39 is 13.9 Å². The van der Waals surface area contributed by atoms with E-state index in [9.17, 15) is 4.79 Å². The first kappa shape index (κ1) is 30.6. The van der Waals surface area contributed by atoms with Gasteiger partial charge in [0.1, 0.15) is 5.60 Å². The first-order chi connectivity index (χ1) is 17.6. The lowest BCUT2D eigenvalue weighted by atomic mass is 10.0. The number of nitrogens with zero attached hydrogens (tertiary/aromatic N) is 2. The highest BCUT2D eigenvalue weighted by Crippen LogP contribution is 2.39. The van der Waals surface area contributed by atoms with Crippen LogP contribution in [-0.4, -0.2) is 44.2 Å². The molecule has 1 aromatic carbocycles. The van der Waals surface area contributed by atoms with Crippen molar-refractivity contribution in [2.24, 2.45) is 5.92 Å². The van der Waals surface area contributed by atoms with E-state index in [4.69, 9.17) is 9.16 Å². The van der Waals surface area contributed by atoms with Gasteiger partial charge in [0.2, 0.25) is 0 Å². The predicted octanol–water partition coefficient (Wildman–Crippen LogP) is 8.16. The number of thiazole rings is 1. The van der Waals surface area contributed by atoms with E-state index in [0.29, 0.717) is 18.5 Å². The van der Waals surface area contributed by atoms with Crippen LogP contribution in [0.5, 0.6) is 0 Å². The molecule has 1 aromatic heterocycles. The van der Waals surface area contributed by atoms with Gasteiger partial charge in [-0.25, -0.2) is 9.78 Å². The number of ether oxygens (including phenoxy) is 1. The van der Waals surface area contributed by atoms with E-state index in [1.807, 2.05) is 26.3 Å². The van der Waals surface area contributed by atoms with Gasteiger partial charge < -0.3 is 19.4 Å². The lowest BCUT2D eigenvalue weighted by Gasteiger charge is -2.37. The summed E-state index contributed by atoms with van der Waals surface area (Å²) in [6.45, 7) is 23.8. The fourth-order valence-electron chi connectivity index (χ4n) is 4.17. The van der Waals surface area contributed by atoms with Gasteiger partial charge in [0.15, 0.2) is 8.32 Å². The van der Waals surface area contributed by atoms with Crippen LogP contribution < -0.4 is 10.2 Å². The predicted molar refractivity (Wildman–Crippen MR) is 163 cm³/mol. The van der Waals surface area contributed by atoms with Crippen LogP contribution in [0.1, 0.15) is 79.0 Å². The minimum Gasteiger partial charge on any atom is -0.444 e. The van der Waals surface area contributed by atoms with Crippen LogP contribution >= 0.6 is 11.3 Å². The van der Waals surface area contributed by atoms with Crippen LogP contribution in [0.3, 0.4) is 0 Å². The van der Waals surface area contributed by atoms with Crippen LogP contribution in [0.2, 0.25) is 18.1 Å². The molecule has 1 atom stereocenters. The standard InChI is InChI=1S/C30H49N3O3SSi/c1-21(15-16-35-38(9,10)30(6,7)8)19-33(25-13-14-25)26-17-23(27-22(2)32-20-37-27)11-12-24(26)18-31-28(34)36-29(3,4)5/h11-12,17,20-21,25H,13-16,18-19H2,1-10H3,(H,31,34). The summed E-state index contributed by atoms with van der Waals surface area (Å²) in [6, 6.07) is 7.14. The molecule has 2 aromatic rings. The molecule has 1 unspecified atom stereocenters. The Bertz CT molecular complexity index is 1080. The topological polar surface area (TPSA) is 63.7 Å². The zero-order chi connectivity index (χ0) is 28.3. The van der Waals surface area contributed by atoms with Crippen LogP contribution in [0, 0.1) is 12.8 Å². The van der Waals surface area contributed by atoms with E-state index in [1.165, 1.54) is 29.0 Å². The summed E-state index contributed by atoms with van der Waals surface area (Å²) in [5, 5.41) is 3.20. The monoisotopic (exact) mass is 559 g/mol. The lowest BCUT2D eigenvalue weighted by Crippen LogP contribution is -2.41. The maximum atomic E-state index is 12.4. The number of amides is 1. The van der Waals surface area contributed by atoms with E-state index in [0.717, 1.165) is 30.8 Å². The lowest BCUT2D eigenvalue weighted by molar-refractivity contribution is 0.0523. The van der Waals surface area contributed by atoms with Crippen molar-refractivity contribution in [1.82, 2.24) is 10.3 Å². The number of carbonyl (C=O) groups is 1. The summed E-state index contributed by atoms with van der Waals surface area (Å²) >= 11 is 1.67. The Hall–Kier alpha value is -1.90. The number of benzene rings is 1. The molecular formula is C30H49N3O3SSi. The normalized spacial score (nSPS) is 15.3. The molecule has 1 amide bonds. The maximum Gasteiger partial charge on any atom is 0.407 e. The highest BCUT2D eigenvalue weighted by molar-refractivity contribution is 7.13. The summed E-state index contributed by atoms with van der Waals surface area (Å²) in [6.07, 6.45) is 3.06. The van der Waals surface area contributed by atoms with Crippen molar-refractivity contribution in [2.75, 3.05) is 18.1 Å². The summed E-state index contributed by atoms with van der Waals surface area (Å²) < 4.78 is 12.0. The zero-order valence-electron chi connectivity index (χ0n) is 25.2. The van der Waals surface area contributed by atoms with Gasteiger partial charge in [-0.3, -0.25) is 0 Å². The van der Waals surface area contributed by atoms with Gasteiger partial charge in [-0.1, -0.05) is 39.8 Å². The van der Waals surface area contributed by atoms with Crippen molar-refractivity contribution in [1.29, 1.82) is 0 Å². The van der Waals surface area contributed by atoms with Gasteiger partial charge >= 0.3 is 6.09 Å². The highest BCUT2D eigenvalue weighted by atomic mass is 32.1. The Balaban J connectivity index is 1.80. The molecule has 1 heterocycles. The molecule has 38 heavy (non-hydrogen) atoms. The second-order valence-electron chi connectivity index (χ2n) is 13.4. The summed E-state index contributed by atoms with van der Waals surface area (Å²) in [7, 11) is -1.75. The Labute approximate surface area is 235 Å². The number of anilines is 1. The average Bonchev–Trinajstić information content (AvgIpc) is 3.54. The van der Waals surface area contributed by atoms with Crippen molar-refractivity contribution in [3.05, 3.63) is 35.0 Å². The average molecular weight is 560 g/mol. The Morgan fingerprint density at radius 2 is 1.89 bits per heavy atom. The fraction of sp³-hybridized carbons (Fsp3) is 0.667. The number of aryl methyl sites for hydroxylation is 1. The molecule has 1 aliphatic carbocycles. The second kappa shape index (κ2) is 12.1. The number of nitrogens with one attached hydrogen (secondary N) is 1. The Morgan fingerprint density at radius 3 is 2.45 bits per heavy atom. The smallest absolute Gasteiger partial charge is 0.407 e. The Kier molecular flexibility index (Phi) is 9.75. The first-order valence-corrected chi connectivity index (χ1v) is 17.8. The first-order valence-electron chi connectivity index (χ1n) is 14.0. The largest absolute Gasteiger partial charge is 0.444 e. The molecule has 8 heteroatoms.